The Bertz CT molecular complexity index is 860. The molecule has 7 nitrogen and oxygen atoms in total. The van der Waals surface area contributed by atoms with Gasteiger partial charge >= 0.3 is 0 Å². The van der Waals surface area contributed by atoms with Crippen LogP contribution in [0, 0.1) is 4.91 Å². The van der Waals surface area contributed by atoms with Gasteiger partial charge in [0, 0.05) is 17.7 Å². The van der Waals surface area contributed by atoms with E-state index in [2.05, 4.69) is 15.6 Å². The fraction of sp³-hybridized carbons (Fsp3) is 0.353. The minimum Gasteiger partial charge on any atom is -0.352 e. The molecule has 3 rings (SSSR count). The molecule has 1 aromatic heterocycles. The molecule has 1 aromatic carbocycles. The van der Waals surface area contributed by atoms with Crippen LogP contribution in [0.4, 0.5) is 0 Å². The number of carbonyl (C=O) groups excluding carboxylic acids is 1. The maximum atomic E-state index is 12.2. The predicted octanol–water partition coefficient (Wildman–Crippen LogP) is 2.37. The lowest BCUT2D eigenvalue weighted by Crippen LogP contribution is -2.53. The summed E-state index contributed by atoms with van der Waals surface area (Å²) in [7, 11) is 0. The van der Waals surface area contributed by atoms with E-state index < -0.39 is 11.1 Å². The molecule has 0 aliphatic heterocycles. The highest BCUT2D eigenvalue weighted by Crippen LogP contribution is 2.35. The first-order chi connectivity index (χ1) is 11.9. The zero-order chi connectivity index (χ0) is 18.0. The third kappa shape index (κ3) is 3.76. The zero-order valence-corrected chi connectivity index (χ0v) is 14.4. The van der Waals surface area contributed by atoms with Gasteiger partial charge in [-0.25, -0.2) is 4.68 Å². The molecule has 0 atom stereocenters. The summed E-state index contributed by atoms with van der Waals surface area (Å²) < 4.78 is 1.03. The summed E-state index contributed by atoms with van der Waals surface area (Å²) in [4.78, 5) is 34.9. The number of benzene rings is 1. The van der Waals surface area contributed by atoms with Crippen LogP contribution in [0.5, 0.6) is 0 Å². The van der Waals surface area contributed by atoms with E-state index >= 15 is 0 Å². The number of rotatable bonds is 5. The summed E-state index contributed by atoms with van der Waals surface area (Å²) in [5.41, 5.74) is 0.291. The Labute approximate surface area is 149 Å². The van der Waals surface area contributed by atoms with Gasteiger partial charge in [0.05, 0.1) is 0 Å². The Balaban J connectivity index is 1.69. The van der Waals surface area contributed by atoms with Crippen molar-refractivity contribution in [3.8, 4) is 11.1 Å². The van der Waals surface area contributed by atoms with Crippen molar-refractivity contribution < 1.29 is 4.79 Å². The first kappa shape index (κ1) is 17.3. The van der Waals surface area contributed by atoms with Gasteiger partial charge in [-0.05, 0) is 25.3 Å². The van der Waals surface area contributed by atoms with E-state index in [0.717, 1.165) is 10.2 Å². The molecule has 1 fully saturated rings. The van der Waals surface area contributed by atoms with Gasteiger partial charge < -0.3 is 5.32 Å². The van der Waals surface area contributed by atoms with Crippen molar-refractivity contribution in [3.63, 3.8) is 0 Å². The number of hydrogen-bond acceptors (Lipinski definition) is 5. The van der Waals surface area contributed by atoms with E-state index in [4.69, 9.17) is 11.6 Å². The van der Waals surface area contributed by atoms with E-state index in [1.807, 2.05) is 30.3 Å². The van der Waals surface area contributed by atoms with Crippen molar-refractivity contribution in [1.82, 2.24) is 15.1 Å². The molecule has 0 bridgehead atoms. The monoisotopic (exact) mass is 360 g/mol. The molecular weight excluding hydrogens is 344 g/mol. The van der Waals surface area contributed by atoms with Crippen LogP contribution in [0.25, 0.3) is 11.1 Å². The molecular formula is C17H17ClN4O3. The van der Waals surface area contributed by atoms with Crippen LogP contribution in [0.15, 0.2) is 46.4 Å². The minimum atomic E-state index is -0.603. The van der Waals surface area contributed by atoms with Crippen molar-refractivity contribution in [2.24, 2.45) is 5.18 Å². The largest absolute Gasteiger partial charge is 0.352 e. The molecule has 1 aliphatic rings. The Kier molecular flexibility index (Phi) is 4.67. The molecule has 0 spiro atoms. The summed E-state index contributed by atoms with van der Waals surface area (Å²) in [6.45, 7) is 1.52. The van der Waals surface area contributed by atoms with Gasteiger partial charge in [-0.15, -0.1) is 0 Å². The highest BCUT2D eigenvalue weighted by atomic mass is 35.5. The first-order valence-electron chi connectivity index (χ1n) is 7.87. The van der Waals surface area contributed by atoms with Gasteiger partial charge in [-0.1, -0.05) is 47.1 Å². The minimum absolute atomic E-state index is 0.107. The second-order valence-electron chi connectivity index (χ2n) is 6.47. The molecule has 25 heavy (non-hydrogen) atoms. The molecule has 1 amide bonds. The summed E-state index contributed by atoms with van der Waals surface area (Å²) in [5, 5.41) is 9.99. The van der Waals surface area contributed by atoms with Crippen LogP contribution in [-0.2, 0) is 11.3 Å². The number of nitrogens with one attached hydrogen (secondary N) is 1. The number of amides is 1. The summed E-state index contributed by atoms with van der Waals surface area (Å²) in [6, 6.07) is 10.5. The van der Waals surface area contributed by atoms with Crippen molar-refractivity contribution in [2.45, 2.75) is 37.9 Å². The van der Waals surface area contributed by atoms with Gasteiger partial charge in [-0.3, -0.25) is 9.59 Å². The van der Waals surface area contributed by atoms with Gasteiger partial charge in [0.1, 0.15) is 12.1 Å². The van der Waals surface area contributed by atoms with E-state index in [9.17, 15) is 14.5 Å². The molecule has 1 aliphatic carbocycles. The average molecular weight is 361 g/mol. The maximum Gasteiger partial charge on any atom is 0.267 e. The van der Waals surface area contributed by atoms with Crippen molar-refractivity contribution in [1.29, 1.82) is 0 Å². The second kappa shape index (κ2) is 6.76. The lowest BCUT2D eigenvalue weighted by molar-refractivity contribution is -0.123. The molecule has 1 saturated carbocycles. The van der Waals surface area contributed by atoms with Gasteiger partial charge in [0.2, 0.25) is 5.91 Å². The molecule has 0 unspecified atom stereocenters. The Morgan fingerprint density at radius 3 is 2.72 bits per heavy atom. The van der Waals surface area contributed by atoms with E-state index in [1.165, 1.54) is 6.07 Å². The van der Waals surface area contributed by atoms with Crippen LogP contribution >= 0.6 is 11.6 Å². The zero-order valence-electron chi connectivity index (χ0n) is 13.6. The average Bonchev–Trinajstić information content (AvgIpc) is 2.57. The first-order valence-corrected chi connectivity index (χ1v) is 8.25. The second-order valence-corrected chi connectivity index (χ2v) is 6.83. The van der Waals surface area contributed by atoms with Crippen LogP contribution in [0.2, 0.25) is 5.15 Å². The normalized spacial score (nSPS) is 22.1. The Morgan fingerprint density at radius 1 is 1.40 bits per heavy atom. The molecule has 2 aromatic rings. The lowest BCUT2D eigenvalue weighted by atomic mass is 9.75. The standard InChI is InChI=1S/C17H17ClN4O3/c1-17(21-25)8-12(9-17)19-14(23)10-22-15(24)7-13(16(18)20-22)11-5-3-2-4-6-11/h2-7,12H,8-10H2,1H3,(H,19,23). The molecule has 8 heteroatoms. The number of nitroso groups, excluding NO2 is 1. The summed E-state index contributed by atoms with van der Waals surface area (Å²) in [5.74, 6) is -0.351. The topological polar surface area (TPSA) is 93.4 Å². The number of aromatic nitrogens is 2. The van der Waals surface area contributed by atoms with E-state index in [-0.39, 0.29) is 23.6 Å². The number of carbonyl (C=O) groups is 1. The van der Waals surface area contributed by atoms with E-state index in [0.29, 0.717) is 18.4 Å². The molecule has 130 valence electrons. The van der Waals surface area contributed by atoms with Crippen LogP contribution < -0.4 is 10.9 Å². The van der Waals surface area contributed by atoms with Gasteiger partial charge in [-0.2, -0.15) is 10.0 Å². The summed E-state index contributed by atoms with van der Waals surface area (Å²) >= 11 is 6.17. The number of nitrogens with zero attached hydrogens (tertiary/aromatic N) is 3. The number of halogens is 1. The maximum absolute atomic E-state index is 12.2. The molecule has 1 N–H and O–H groups in total. The fourth-order valence-electron chi connectivity index (χ4n) is 2.99. The smallest absolute Gasteiger partial charge is 0.267 e. The fourth-order valence-corrected chi connectivity index (χ4v) is 3.24. The number of hydrogen-bond donors (Lipinski definition) is 1. The SMILES string of the molecule is CC1(N=O)CC(NC(=O)Cn2nc(Cl)c(-c3ccccc3)cc2=O)C1. The van der Waals surface area contributed by atoms with Gasteiger partial charge in [0.15, 0.2) is 5.15 Å². The van der Waals surface area contributed by atoms with Crippen LogP contribution in [0.1, 0.15) is 19.8 Å². The highest BCUT2D eigenvalue weighted by Gasteiger charge is 2.42. The molecule has 1 heterocycles. The van der Waals surface area contributed by atoms with E-state index in [1.54, 1.807) is 6.92 Å². The molecule has 0 radical (unpaired) electrons. The quantitative estimate of drug-likeness (QED) is 0.828. The van der Waals surface area contributed by atoms with Crippen LogP contribution in [-0.4, -0.2) is 27.3 Å². The third-order valence-corrected chi connectivity index (χ3v) is 4.57. The highest BCUT2D eigenvalue weighted by molar-refractivity contribution is 6.32. The van der Waals surface area contributed by atoms with Crippen molar-refractivity contribution >= 4 is 17.5 Å². The predicted molar refractivity (Wildman–Crippen MR) is 94.3 cm³/mol. The van der Waals surface area contributed by atoms with Gasteiger partial charge in [0.25, 0.3) is 5.56 Å². The Hall–Kier alpha value is -2.54. The third-order valence-electron chi connectivity index (χ3n) is 4.29. The lowest BCUT2D eigenvalue weighted by Gasteiger charge is -2.39. The van der Waals surface area contributed by atoms with Crippen molar-refractivity contribution in [3.05, 3.63) is 56.8 Å². The van der Waals surface area contributed by atoms with Crippen molar-refractivity contribution in [2.75, 3.05) is 0 Å². The summed E-state index contributed by atoms with van der Waals surface area (Å²) in [6.07, 6.45) is 0.997. The van der Waals surface area contributed by atoms with Crippen LogP contribution in [0.3, 0.4) is 0 Å². The Morgan fingerprint density at radius 2 is 2.08 bits per heavy atom. The molecule has 0 saturated heterocycles.